The highest BCUT2D eigenvalue weighted by Gasteiger charge is 2.22. The number of amides is 2. The van der Waals surface area contributed by atoms with Crippen LogP contribution in [-0.2, 0) is 14.4 Å². The SMILES string of the molecule is Cc1cccc(OCC(=O)N[C@@H](CC(N)=O)C(=O)O)c1C. The zero-order valence-electron chi connectivity index (χ0n) is 11.9. The number of hydrogen-bond acceptors (Lipinski definition) is 4. The Hall–Kier alpha value is -2.57. The van der Waals surface area contributed by atoms with E-state index in [-0.39, 0.29) is 6.61 Å². The largest absolute Gasteiger partial charge is 0.483 e. The van der Waals surface area contributed by atoms with E-state index < -0.39 is 30.2 Å². The standard InChI is InChI=1S/C14H18N2O5/c1-8-4-3-5-11(9(8)2)21-7-13(18)16-10(14(19)20)6-12(15)17/h3-5,10H,6-7H2,1-2H3,(H2,15,17)(H,16,18)(H,19,20)/t10-/m0/s1. The summed E-state index contributed by atoms with van der Waals surface area (Å²) in [6.45, 7) is 3.43. The van der Waals surface area contributed by atoms with E-state index in [1.165, 1.54) is 0 Å². The van der Waals surface area contributed by atoms with Crippen molar-refractivity contribution < 1.29 is 24.2 Å². The lowest BCUT2D eigenvalue weighted by atomic mass is 10.1. The van der Waals surface area contributed by atoms with Gasteiger partial charge in [0.1, 0.15) is 11.8 Å². The van der Waals surface area contributed by atoms with Crippen molar-refractivity contribution in [2.24, 2.45) is 5.73 Å². The number of benzene rings is 1. The minimum Gasteiger partial charge on any atom is -0.483 e. The van der Waals surface area contributed by atoms with Crippen molar-refractivity contribution >= 4 is 17.8 Å². The van der Waals surface area contributed by atoms with Crippen LogP contribution < -0.4 is 15.8 Å². The number of rotatable bonds is 7. The van der Waals surface area contributed by atoms with Gasteiger partial charge in [-0.1, -0.05) is 12.1 Å². The zero-order valence-corrected chi connectivity index (χ0v) is 11.9. The first-order chi connectivity index (χ1) is 9.81. The van der Waals surface area contributed by atoms with Crippen molar-refractivity contribution in [3.05, 3.63) is 29.3 Å². The van der Waals surface area contributed by atoms with Crippen LogP contribution in [0.1, 0.15) is 17.5 Å². The molecule has 2 amide bonds. The molecule has 4 N–H and O–H groups in total. The molecule has 0 aliphatic carbocycles. The normalized spacial score (nSPS) is 11.5. The van der Waals surface area contributed by atoms with Gasteiger partial charge in [-0.25, -0.2) is 4.79 Å². The summed E-state index contributed by atoms with van der Waals surface area (Å²) in [6.07, 6.45) is -0.468. The van der Waals surface area contributed by atoms with Gasteiger partial charge < -0.3 is 20.9 Å². The molecule has 0 spiro atoms. The Labute approximate surface area is 122 Å². The number of aryl methyl sites for hydroxylation is 1. The number of primary amides is 1. The van der Waals surface area contributed by atoms with Gasteiger partial charge in [0.15, 0.2) is 6.61 Å². The van der Waals surface area contributed by atoms with Gasteiger partial charge in [0.2, 0.25) is 5.91 Å². The molecule has 7 nitrogen and oxygen atoms in total. The highest BCUT2D eigenvalue weighted by atomic mass is 16.5. The summed E-state index contributed by atoms with van der Waals surface area (Å²) in [5, 5.41) is 11.1. The average Bonchev–Trinajstić information content (AvgIpc) is 2.39. The number of hydrogen-bond donors (Lipinski definition) is 3. The van der Waals surface area contributed by atoms with Gasteiger partial charge in [-0.05, 0) is 31.0 Å². The lowest BCUT2D eigenvalue weighted by molar-refractivity contribution is -0.143. The van der Waals surface area contributed by atoms with Crippen LogP contribution in [0.2, 0.25) is 0 Å². The van der Waals surface area contributed by atoms with Crippen LogP contribution in [-0.4, -0.2) is 35.5 Å². The number of carbonyl (C=O) groups is 3. The number of nitrogens with two attached hydrogens (primary N) is 1. The molecular formula is C14H18N2O5. The van der Waals surface area contributed by atoms with Gasteiger partial charge in [-0.15, -0.1) is 0 Å². The summed E-state index contributed by atoms with van der Waals surface area (Å²) in [5.41, 5.74) is 6.84. The third-order valence-electron chi connectivity index (χ3n) is 2.95. The van der Waals surface area contributed by atoms with Crippen molar-refractivity contribution in [3.63, 3.8) is 0 Å². The van der Waals surface area contributed by atoms with E-state index >= 15 is 0 Å². The molecule has 1 aromatic carbocycles. The number of aliphatic carboxylic acids is 1. The summed E-state index contributed by atoms with van der Waals surface area (Å²) in [7, 11) is 0. The maximum absolute atomic E-state index is 11.7. The van der Waals surface area contributed by atoms with Crippen LogP contribution in [0.3, 0.4) is 0 Å². The zero-order chi connectivity index (χ0) is 16.0. The molecule has 0 heterocycles. The summed E-state index contributed by atoms with van der Waals surface area (Å²) >= 11 is 0. The third-order valence-corrected chi connectivity index (χ3v) is 2.95. The Bertz CT molecular complexity index is 556. The van der Waals surface area contributed by atoms with Crippen LogP contribution >= 0.6 is 0 Å². The molecule has 21 heavy (non-hydrogen) atoms. The molecule has 1 aromatic rings. The number of carbonyl (C=O) groups excluding carboxylic acids is 2. The topological polar surface area (TPSA) is 119 Å². The third kappa shape index (κ3) is 5.13. The average molecular weight is 294 g/mol. The van der Waals surface area contributed by atoms with Gasteiger partial charge in [0.05, 0.1) is 6.42 Å². The van der Waals surface area contributed by atoms with Crippen LogP contribution in [0.15, 0.2) is 18.2 Å². The Balaban J connectivity index is 2.59. The van der Waals surface area contributed by atoms with Crippen LogP contribution in [0.25, 0.3) is 0 Å². The summed E-state index contributed by atoms with van der Waals surface area (Å²) in [5.74, 6) is -2.22. The van der Waals surface area contributed by atoms with E-state index in [1.54, 1.807) is 12.1 Å². The molecule has 0 fully saturated rings. The Morgan fingerprint density at radius 3 is 2.57 bits per heavy atom. The molecule has 0 aliphatic rings. The van der Waals surface area contributed by atoms with Crippen LogP contribution in [0.4, 0.5) is 0 Å². The van der Waals surface area contributed by atoms with Crippen molar-refractivity contribution in [2.45, 2.75) is 26.3 Å². The summed E-state index contributed by atoms with van der Waals surface area (Å²) < 4.78 is 5.34. The molecule has 0 saturated carbocycles. The molecule has 0 aromatic heterocycles. The number of ether oxygens (including phenoxy) is 1. The van der Waals surface area contributed by atoms with Crippen molar-refractivity contribution in [2.75, 3.05) is 6.61 Å². The van der Waals surface area contributed by atoms with E-state index in [0.717, 1.165) is 11.1 Å². The smallest absolute Gasteiger partial charge is 0.326 e. The first-order valence-electron chi connectivity index (χ1n) is 6.30. The molecular weight excluding hydrogens is 276 g/mol. The number of nitrogens with one attached hydrogen (secondary N) is 1. The van der Waals surface area contributed by atoms with Gasteiger partial charge in [-0.3, -0.25) is 9.59 Å². The quantitative estimate of drug-likeness (QED) is 0.660. The first-order valence-corrected chi connectivity index (χ1v) is 6.30. The second-order valence-corrected chi connectivity index (χ2v) is 4.62. The molecule has 1 rings (SSSR count). The fourth-order valence-electron chi connectivity index (χ4n) is 1.66. The lowest BCUT2D eigenvalue weighted by Gasteiger charge is -2.14. The fraction of sp³-hybridized carbons (Fsp3) is 0.357. The number of carboxylic acid groups (broad SMARTS) is 1. The molecule has 0 aliphatic heterocycles. The molecule has 1 atom stereocenters. The molecule has 114 valence electrons. The fourth-order valence-corrected chi connectivity index (χ4v) is 1.66. The Morgan fingerprint density at radius 2 is 2.00 bits per heavy atom. The molecule has 0 saturated heterocycles. The maximum Gasteiger partial charge on any atom is 0.326 e. The second kappa shape index (κ2) is 7.28. The Kier molecular flexibility index (Phi) is 5.71. The predicted molar refractivity (Wildman–Crippen MR) is 74.8 cm³/mol. The maximum atomic E-state index is 11.7. The van der Waals surface area contributed by atoms with Crippen LogP contribution in [0, 0.1) is 13.8 Å². The highest BCUT2D eigenvalue weighted by molar-refractivity contribution is 5.88. The first kappa shape index (κ1) is 16.5. The lowest BCUT2D eigenvalue weighted by Crippen LogP contribution is -2.45. The minimum atomic E-state index is -1.35. The van der Waals surface area contributed by atoms with Gasteiger partial charge in [0.25, 0.3) is 5.91 Å². The van der Waals surface area contributed by atoms with E-state index in [1.807, 2.05) is 19.9 Å². The van der Waals surface area contributed by atoms with E-state index in [0.29, 0.717) is 5.75 Å². The predicted octanol–water partition coefficient (Wildman–Crippen LogP) is 0.127. The van der Waals surface area contributed by atoms with E-state index in [9.17, 15) is 14.4 Å². The number of carboxylic acids is 1. The Morgan fingerprint density at radius 1 is 1.33 bits per heavy atom. The van der Waals surface area contributed by atoms with Crippen molar-refractivity contribution in [1.82, 2.24) is 5.32 Å². The van der Waals surface area contributed by atoms with E-state index in [4.69, 9.17) is 15.6 Å². The van der Waals surface area contributed by atoms with E-state index in [2.05, 4.69) is 5.32 Å². The molecule has 0 unspecified atom stereocenters. The van der Waals surface area contributed by atoms with Crippen molar-refractivity contribution in [3.8, 4) is 5.75 Å². The van der Waals surface area contributed by atoms with Crippen molar-refractivity contribution in [1.29, 1.82) is 0 Å². The monoisotopic (exact) mass is 294 g/mol. The molecule has 0 bridgehead atoms. The summed E-state index contributed by atoms with van der Waals surface area (Å²) in [4.78, 5) is 33.3. The van der Waals surface area contributed by atoms with Crippen LogP contribution in [0.5, 0.6) is 5.75 Å². The minimum absolute atomic E-state index is 0.340. The molecule has 7 heteroatoms. The molecule has 0 radical (unpaired) electrons. The highest BCUT2D eigenvalue weighted by Crippen LogP contribution is 2.20. The summed E-state index contributed by atoms with van der Waals surface area (Å²) in [6, 6.07) is 4.07. The van der Waals surface area contributed by atoms with Gasteiger partial charge >= 0.3 is 5.97 Å². The van der Waals surface area contributed by atoms with Gasteiger partial charge in [0, 0.05) is 0 Å². The second-order valence-electron chi connectivity index (χ2n) is 4.62. The van der Waals surface area contributed by atoms with Gasteiger partial charge in [-0.2, -0.15) is 0 Å².